The van der Waals surface area contributed by atoms with E-state index in [4.69, 9.17) is 0 Å². The predicted octanol–water partition coefficient (Wildman–Crippen LogP) is 2.50. The zero-order valence-corrected chi connectivity index (χ0v) is 20.9. The molecular formula is C22H25N3O6S3. The van der Waals surface area contributed by atoms with Crippen molar-refractivity contribution in [2.45, 2.75) is 30.3 Å². The summed E-state index contributed by atoms with van der Waals surface area (Å²) in [6.07, 6.45) is 0.357. The number of fused-ring (bicyclic) bond motifs is 1. The first kappa shape index (κ1) is 24.6. The van der Waals surface area contributed by atoms with Crippen molar-refractivity contribution in [1.82, 2.24) is 9.88 Å². The van der Waals surface area contributed by atoms with Gasteiger partial charge in [0.1, 0.15) is 10.4 Å². The van der Waals surface area contributed by atoms with E-state index in [2.05, 4.69) is 9.71 Å². The molecule has 9 nitrogen and oxygen atoms in total. The van der Waals surface area contributed by atoms with Crippen molar-refractivity contribution in [2.75, 3.05) is 29.3 Å². The number of hydrogen-bond acceptors (Lipinski definition) is 8. The van der Waals surface area contributed by atoms with E-state index < -0.39 is 25.5 Å². The Morgan fingerprint density at radius 1 is 1.12 bits per heavy atom. The minimum Gasteiger partial charge on any atom is -0.389 e. The third kappa shape index (κ3) is 5.24. The van der Waals surface area contributed by atoms with Gasteiger partial charge in [-0.25, -0.2) is 21.8 Å². The van der Waals surface area contributed by atoms with Crippen LogP contribution in [0.15, 0.2) is 52.9 Å². The number of carbonyl (C=O) groups is 1. The number of amides is 1. The summed E-state index contributed by atoms with van der Waals surface area (Å²) in [4.78, 5) is 18.7. The fraction of sp³-hybridized carbons (Fsp3) is 0.364. The monoisotopic (exact) mass is 523 g/mol. The Morgan fingerprint density at radius 3 is 2.44 bits per heavy atom. The number of thiazole rings is 1. The third-order valence-electron chi connectivity index (χ3n) is 5.91. The van der Waals surface area contributed by atoms with E-state index in [-0.39, 0.29) is 48.2 Å². The molecule has 0 bridgehead atoms. The number of likely N-dealkylation sites (tertiary alicyclic amines) is 1. The molecule has 1 aliphatic heterocycles. The maximum absolute atomic E-state index is 12.9. The highest BCUT2D eigenvalue weighted by Gasteiger charge is 2.37. The van der Waals surface area contributed by atoms with Crippen LogP contribution in [0.2, 0.25) is 0 Å². The number of sulfone groups is 1. The number of sulfonamides is 1. The topological polar surface area (TPSA) is 134 Å². The Balaban J connectivity index is 1.42. The molecule has 0 unspecified atom stereocenters. The Kier molecular flexibility index (Phi) is 6.69. The summed E-state index contributed by atoms with van der Waals surface area (Å²) in [6, 6.07) is 11.1. The van der Waals surface area contributed by atoms with Gasteiger partial charge in [0.25, 0.3) is 15.9 Å². The van der Waals surface area contributed by atoms with Crippen molar-refractivity contribution in [1.29, 1.82) is 0 Å². The summed E-state index contributed by atoms with van der Waals surface area (Å²) >= 11 is 1.36. The maximum Gasteiger partial charge on any atom is 0.264 e. The highest BCUT2D eigenvalue weighted by molar-refractivity contribution is 7.93. The van der Waals surface area contributed by atoms with Gasteiger partial charge in [-0.15, -0.1) is 11.3 Å². The number of piperidine rings is 1. The van der Waals surface area contributed by atoms with E-state index in [1.54, 1.807) is 29.5 Å². The summed E-state index contributed by atoms with van der Waals surface area (Å²) in [7, 11) is -7.20. The van der Waals surface area contributed by atoms with Crippen LogP contribution in [0.25, 0.3) is 10.2 Å². The smallest absolute Gasteiger partial charge is 0.264 e. The molecule has 4 rings (SSSR count). The maximum atomic E-state index is 12.9. The largest absolute Gasteiger partial charge is 0.389 e. The molecular weight excluding hydrogens is 498 g/mol. The second-order valence-corrected chi connectivity index (χ2v) is 13.2. The lowest BCUT2D eigenvalue weighted by Crippen LogP contribution is -2.50. The van der Waals surface area contributed by atoms with Crippen LogP contribution in [0.3, 0.4) is 0 Å². The second kappa shape index (κ2) is 9.25. The molecule has 182 valence electrons. The lowest BCUT2D eigenvalue weighted by molar-refractivity contribution is 0.000532. The molecule has 1 saturated heterocycles. The van der Waals surface area contributed by atoms with Crippen molar-refractivity contribution < 1.29 is 26.7 Å². The SMILES string of the molecule is CCS(=O)(=O)CC1(O)CCN(C(=O)c2ccc(NS(=O)(=O)c3cccc4scnc34)cc2)CC1. The average Bonchev–Trinajstić information content (AvgIpc) is 3.28. The molecule has 12 heteroatoms. The van der Waals surface area contributed by atoms with Crippen molar-refractivity contribution in [3.05, 3.63) is 53.5 Å². The van der Waals surface area contributed by atoms with E-state index in [1.165, 1.54) is 41.7 Å². The highest BCUT2D eigenvalue weighted by atomic mass is 32.2. The minimum atomic E-state index is -3.87. The Bertz CT molecular complexity index is 1410. The number of hydrogen-bond donors (Lipinski definition) is 2. The van der Waals surface area contributed by atoms with Gasteiger partial charge in [0, 0.05) is 30.1 Å². The number of benzene rings is 2. The number of carbonyl (C=O) groups excluding carboxylic acids is 1. The summed E-state index contributed by atoms with van der Waals surface area (Å²) in [5.41, 5.74) is 1.35. The van der Waals surface area contributed by atoms with Gasteiger partial charge in [-0.05, 0) is 49.2 Å². The van der Waals surface area contributed by atoms with E-state index in [9.17, 15) is 26.7 Å². The van der Waals surface area contributed by atoms with Gasteiger partial charge in [0.2, 0.25) is 0 Å². The van der Waals surface area contributed by atoms with E-state index in [0.717, 1.165) is 4.70 Å². The number of para-hydroxylation sites is 1. The number of nitrogens with one attached hydrogen (secondary N) is 1. The average molecular weight is 524 g/mol. The van der Waals surface area contributed by atoms with Gasteiger partial charge in [0.15, 0.2) is 9.84 Å². The van der Waals surface area contributed by atoms with Gasteiger partial charge in [-0.3, -0.25) is 9.52 Å². The van der Waals surface area contributed by atoms with E-state index in [0.29, 0.717) is 16.8 Å². The number of rotatable bonds is 7. The third-order valence-corrected chi connectivity index (χ3v) is 9.97. The number of aromatic nitrogens is 1. The molecule has 1 fully saturated rings. The molecule has 0 radical (unpaired) electrons. The molecule has 2 aromatic carbocycles. The van der Waals surface area contributed by atoms with Crippen molar-refractivity contribution in [3.63, 3.8) is 0 Å². The first-order chi connectivity index (χ1) is 16.0. The molecule has 1 aliphatic rings. The minimum absolute atomic E-state index is 0.0347. The molecule has 0 aliphatic carbocycles. The van der Waals surface area contributed by atoms with E-state index >= 15 is 0 Å². The fourth-order valence-corrected chi connectivity index (χ4v) is 7.24. The van der Waals surface area contributed by atoms with Gasteiger partial charge in [-0.1, -0.05) is 13.0 Å². The van der Waals surface area contributed by atoms with Crippen LogP contribution in [0.1, 0.15) is 30.1 Å². The molecule has 0 spiro atoms. The van der Waals surface area contributed by atoms with Crippen LogP contribution in [-0.2, 0) is 19.9 Å². The van der Waals surface area contributed by atoms with Crippen molar-refractivity contribution in [3.8, 4) is 0 Å². The van der Waals surface area contributed by atoms with Crippen molar-refractivity contribution in [2.24, 2.45) is 0 Å². The van der Waals surface area contributed by atoms with Crippen LogP contribution in [0.5, 0.6) is 0 Å². The van der Waals surface area contributed by atoms with Crippen LogP contribution in [0, 0.1) is 0 Å². The molecule has 0 atom stereocenters. The molecule has 2 heterocycles. The van der Waals surface area contributed by atoms with Crippen molar-refractivity contribution >= 4 is 53.0 Å². The molecule has 3 aromatic rings. The lowest BCUT2D eigenvalue weighted by atomic mass is 9.93. The molecule has 1 amide bonds. The summed E-state index contributed by atoms with van der Waals surface area (Å²) in [5, 5.41) is 10.6. The Labute approximate surface area is 202 Å². The molecule has 0 saturated carbocycles. The zero-order valence-electron chi connectivity index (χ0n) is 18.5. The standard InChI is InChI=1S/C22H25N3O6S3/c1-2-33(28,29)14-22(27)10-12-25(13-11-22)21(26)16-6-8-17(9-7-16)24-34(30,31)19-5-3-4-18-20(19)23-15-32-18/h3-9,15,24,27H,2,10-14H2,1H3. The Hall–Kier alpha value is -2.54. The fourth-order valence-electron chi connectivity index (χ4n) is 3.93. The number of anilines is 1. The summed E-state index contributed by atoms with van der Waals surface area (Å²) in [6.45, 7) is 2.02. The molecule has 1 aromatic heterocycles. The molecule has 2 N–H and O–H groups in total. The molecule has 34 heavy (non-hydrogen) atoms. The number of nitrogens with zero attached hydrogens (tertiary/aromatic N) is 2. The first-order valence-corrected chi connectivity index (χ1v) is 14.9. The Morgan fingerprint density at radius 2 is 1.79 bits per heavy atom. The first-order valence-electron chi connectivity index (χ1n) is 10.7. The van der Waals surface area contributed by atoms with Crippen LogP contribution < -0.4 is 4.72 Å². The van der Waals surface area contributed by atoms with E-state index in [1.807, 2.05) is 0 Å². The highest BCUT2D eigenvalue weighted by Crippen LogP contribution is 2.28. The van der Waals surface area contributed by atoms with Gasteiger partial charge in [0.05, 0.1) is 21.6 Å². The number of aliphatic hydroxyl groups is 1. The van der Waals surface area contributed by atoms with Crippen LogP contribution in [-0.4, -0.2) is 67.9 Å². The van der Waals surface area contributed by atoms with Crippen LogP contribution >= 0.6 is 11.3 Å². The zero-order chi connectivity index (χ0) is 24.6. The lowest BCUT2D eigenvalue weighted by Gasteiger charge is -2.38. The quantitative estimate of drug-likeness (QED) is 0.486. The van der Waals surface area contributed by atoms with Crippen LogP contribution in [0.4, 0.5) is 5.69 Å². The summed E-state index contributed by atoms with van der Waals surface area (Å²) in [5.74, 6) is -0.600. The van der Waals surface area contributed by atoms with Gasteiger partial charge in [-0.2, -0.15) is 0 Å². The van der Waals surface area contributed by atoms with Gasteiger partial charge < -0.3 is 10.0 Å². The second-order valence-electron chi connectivity index (χ2n) is 8.33. The normalized spacial score (nSPS) is 16.5. The predicted molar refractivity (Wildman–Crippen MR) is 131 cm³/mol. The van der Waals surface area contributed by atoms with Gasteiger partial charge >= 0.3 is 0 Å². The summed E-state index contributed by atoms with van der Waals surface area (Å²) < 4.78 is 52.8.